The lowest BCUT2D eigenvalue weighted by atomic mass is 9.99. The highest BCUT2D eigenvalue weighted by molar-refractivity contribution is 7.14. The fourth-order valence-electron chi connectivity index (χ4n) is 2.13. The van der Waals surface area contributed by atoms with E-state index in [1.807, 2.05) is 13.0 Å². The van der Waals surface area contributed by atoms with Crippen LogP contribution in [0.5, 0.6) is 0 Å². The zero-order chi connectivity index (χ0) is 12.1. The summed E-state index contributed by atoms with van der Waals surface area (Å²) in [6, 6.07) is 2.09. The number of hydrogen-bond donors (Lipinski definition) is 1. The van der Waals surface area contributed by atoms with Crippen molar-refractivity contribution in [1.29, 1.82) is 0 Å². The van der Waals surface area contributed by atoms with E-state index < -0.39 is 0 Å². The van der Waals surface area contributed by atoms with E-state index in [2.05, 4.69) is 17.5 Å². The molecule has 0 atom stereocenters. The van der Waals surface area contributed by atoms with E-state index >= 15 is 0 Å². The standard InChI is InChI=1S/C14H19NOS/c1-2-3-6-9-15-14(16)13-10-11-7-4-5-8-12(11)17-13/h2-3,10H,4-9H2,1H3,(H,15,16)/b3-2+. The molecule has 0 bridgehead atoms. The summed E-state index contributed by atoms with van der Waals surface area (Å²) in [6.45, 7) is 2.72. The maximum atomic E-state index is 11.9. The van der Waals surface area contributed by atoms with Gasteiger partial charge < -0.3 is 5.32 Å². The molecule has 1 heterocycles. The smallest absolute Gasteiger partial charge is 0.261 e. The molecule has 1 aliphatic rings. The molecule has 1 aliphatic carbocycles. The van der Waals surface area contributed by atoms with Crippen LogP contribution in [-0.4, -0.2) is 12.5 Å². The zero-order valence-electron chi connectivity index (χ0n) is 10.3. The van der Waals surface area contributed by atoms with Crippen molar-refractivity contribution < 1.29 is 4.79 Å². The van der Waals surface area contributed by atoms with E-state index in [1.165, 1.54) is 23.3 Å². The highest BCUT2D eigenvalue weighted by atomic mass is 32.1. The first-order chi connectivity index (χ1) is 8.31. The summed E-state index contributed by atoms with van der Waals surface area (Å²) in [5.41, 5.74) is 1.40. The van der Waals surface area contributed by atoms with Crippen LogP contribution in [0.4, 0.5) is 0 Å². The number of nitrogens with one attached hydrogen (secondary N) is 1. The Kier molecular flexibility index (Phi) is 4.37. The third kappa shape index (κ3) is 3.19. The minimum absolute atomic E-state index is 0.0916. The monoisotopic (exact) mass is 249 g/mol. The number of rotatable bonds is 4. The molecule has 0 fully saturated rings. The SMILES string of the molecule is C/C=C/CCNC(=O)c1cc2c(s1)CCCC2. The summed E-state index contributed by atoms with van der Waals surface area (Å²) in [5, 5.41) is 2.96. The predicted octanol–water partition coefficient (Wildman–Crippen LogP) is 3.32. The van der Waals surface area contributed by atoms with Gasteiger partial charge in [-0.05, 0) is 50.7 Å². The van der Waals surface area contributed by atoms with Crippen LogP contribution in [0.25, 0.3) is 0 Å². The molecule has 0 saturated carbocycles. The second-order valence-corrected chi connectivity index (χ2v) is 5.52. The van der Waals surface area contributed by atoms with Gasteiger partial charge in [0.05, 0.1) is 4.88 Å². The van der Waals surface area contributed by atoms with Crippen LogP contribution in [-0.2, 0) is 12.8 Å². The number of amides is 1. The number of hydrogen-bond acceptors (Lipinski definition) is 2. The van der Waals surface area contributed by atoms with Crippen LogP contribution in [0.2, 0.25) is 0 Å². The summed E-state index contributed by atoms with van der Waals surface area (Å²) in [4.78, 5) is 14.2. The normalized spacial score (nSPS) is 14.9. The maximum absolute atomic E-state index is 11.9. The first-order valence-electron chi connectivity index (χ1n) is 6.32. The molecule has 0 saturated heterocycles. The quantitative estimate of drug-likeness (QED) is 0.643. The first-order valence-corrected chi connectivity index (χ1v) is 7.14. The summed E-state index contributed by atoms with van der Waals surface area (Å²) in [7, 11) is 0. The summed E-state index contributed by atoms with van der Waals surface area (Å²) in [5.74, 6) is 0.0916. The Morgan fingerprint density at radius 1 is 1.47 bits per heavy atom. The molecule has 1 aromatic rings. The third-order valence-corrected chi connectivity index (χ3v) is 4.29. The molecule has 1 N–H and O–H groups in total. The molecule has 92 valence electrons. The lowest BCUT2D eigenvalue weighted by molar-refractivity contribution is 0.0958. The Morgan fingerprint density at radius 2 is 2.29 bits per heavy atom. The lowest BCUT2D eigenvalue weighted by Gasteiger charge is -2.08. The number of allylic oxidation sites excluding steroid dienone is 1. The largest absolute Gasteiger partial charge is 0.351 e. The number of aryl methyl sites for hydroxylation is 2. The van der Waals surface area contributed by atoms with E-state index in [-0.39, 0.29) is 5.91 Å². The molecule has 2 rings (SSSR count). The van der Waals surface area contributed by atoms with E-state index in [1.54, 1.807) is 11.3 Å². The molecule has 3 heteroatoms. The van der Waals surface area contributed by atoms with Crippen molar-refractivity contribution in [2.75, 3.05) is 6.54 Å². The molecule has 0 radical (unpaired) electrons. The van der Waals surface area contributed by atoms with Gasteiger partial charge in [0.1, 0.15) is 0 Å². The maximum Gasteiger partial charge on any atom is 0.261 e. The van der Waals surface area contributed by atoms with Gasteiger partial charge in [0.2, 0.25) is 0 Å². The average molecular weight is 249 g/mol. The highest BCUT2D eigenvalue weighted by Crippen LogP contribution is 2.29. The van der Waals surface area contributed by atoms with Crippen LogP contribution in [0.15, 0.2) is 18.2 Å². The second-order valence-electron chi connectivity index (χ2n) is 4.38. The van der Waals surface area contributed by atoms with Gasteiger partial charge in [0.15, 0.2) is 0 Å². The van der Waals surface area contributed by atoms with E-state index in [0.29, 0.717) is 0 Å². The predicted molar refractivity (Wildman–Crippen MR) is 72.7 cm³/mol. The van der Waals surface area contributed by atoms with Gasteiger partial charge >= 0.3 is 0 Å². The number of fused-ring (bicyclic) bond motifs is 1. The molecule has 0 unspecified atom stereocenters. The average Bonchev–Trinajstić information content (AvgIpc) is 2.78. The van der Waals surface area contributed by atoms with Gasteiger partial charge in [-0.3, -0.25) is 4.79 Å². The molecule has 2 nitrogen and oxygen atoms in total. The van der Waals surface area contributed by atoms with Crippen molar-refractivity contribution in [1.82, 2.24) is 5.32 Å². The molecule has 0 aliphatic heterocycles. The van der Waals surface area contributed by atoms with E-state index in [4.69, 9.17) is 0 Å². The van der Waals surface area contributed by atoms with Gasteiger partial charge in [-0.2, -0.15) is 0 Å². The molecule has 0 aromatic carbocycles. The minimum Gasteiger partial charge on any atom is -0.351 e. The summed E-state index contributed by atoms with van der Waals surface area (Å²) < 4.78 is 0. The van der Waals surface area contributed by atoms with Crippen molar-refractivity contribution in [3.8, 4) is 0 Å². The molecule has 1 amide bonds. The van der Waals surface area contributed by atoms with Gasteiger partial charge in [0, 0.05) is 11.4 Å². The zero-order valence-corrected chi connectivity index (χ0v) is 11.1. The fourth-order valence-corrected chi connectivity index (χ4v) is 3.30. The van der Waals surface area contributed by atoms with Crippen molar-refractivity contribution in [2.24, 2.45) is 0 Å². The van der Waals surface area contributed by atoms with E-state index in [9.17, 15) is 4.79 Å². The van der Waals surface area contributed by atoms with Crippen molar-refractivity contribution in [3.05, 3.63) is 33.5 Å². The van der Waals surface area contributed by atoms with Crippen LogP contribution >= 0.6 is 11.3 Å². The van der Waals surface area contributed by atoms with Crippen molar-refractivity contribution >= 4 is 17.2 Å². The number of carbonyl (C=O) groups excluding carboxylic acids is 1. The molecular formula is C14H19NOS. The van der Waals surface area contributed by atoms with Crippen LogP contribution in [0.3, 0.4) is 0 Å². The number of carbonyl (C=O) groups is 1. The topological polar surface area (TPSA) is 29.1 Å². The first kappa shape index (κ1) is 12.4. The van der Waals surface area contributed by atoms with Gasteiger partial charge in [-0.15, -0.1) is 11.3 Å². The second kappa shape index (κ2) is 6.01. The Morgan fingerprint density at radius 3 is 3.06 bits per heavy atom. The van der Waals surface area contributed by atoms with Crippen LogP contribution < -0.4 is 5.32 Å². The van der Waals surface area contributed by atoms with Gasteiger partial charge in [-0.1, -0.05) is 12.2 Å². The van der Waals surface area contributed by atoms with Crippen molar-refractivity contribution in [2.45, 2.75) is 39.0 Å². The minimum atomic E-state index is 0.0916. The Labute approximate surface area is 107 Å². The van der Waals surface area contributed by atoms with E-state index in [0.717, 1.165) is 30.7 Å². The fraction of sp³-hybridized carbons (Fsp3) is 0.500. The molecular weight excluding hydrogens is 230 g/mol. The summed E-state index contributed by atoms with van der Waals surface area (Å²) >= 11 is 1.68. The Bertz CT molecular complexity index is 396. The molecule has 0 spiro atoms. The Balaban J connectivity index is 1.92. The van der Waals surface area contributed by atoms with Gasteiger partial charge in [0.25, 0.3) is 5.91 Å². The number of thiophene rings is 1. The third-order valence-electron chi connectivity index (χ3n) is 3.05. The van der Waals surface area contributed by atoms with Crippen molar-refractivity contribution in [3.63, 3.8) is 0 Å². The lowest BCUT2D eigenvalue weighted by Crippen LogP contribution is -2.23. The van der Waals surface area contributed by atoms with Crippen LogP contribution in [0, 0.1) is 0 Å². The Hall–Kier alpha value is -1.09. The van der Waals surface area contributed by atoms with Gasteiger partial charge in [-0.25, -0.2) is 0 Å². The van der Waals surface area contributed by atoms with Crippen LogP contribution in [0.1, 0.15) is 46.3 Å². The summed E-state index contributed by atoms with van der Waals surface area (Å²) in [6.07, 6.45) is 9.84. The molecule has 1 aromatic heterocycles. The highest BCUT2D eigenvalue weighted by Gasteiger charge is 2.16. The molecule has 17 heavy (non-hydrogen) atoms.